The zero-order valence-electron chi connectivity index (χ0n) is 4.52. The van der Waals surface area contributed by atoms with Crippen LogP contribution < -0.4 is 0 Å². The van der Waals surface area contributed by atoms with Gasteiger partial charge in [0.1, 0.15) is 0 Å². The summed E-state index contributed by atoms with van der Waals surface area (Å²) in [5, 5.41) is 0. The predicted octanol–water partition coefficient (Wildman–Crippen LogP) is 0.917. The summed E-state index contributed by atoms with van der Waals surface area (Å²) in [6.45, 7) is 1.12. The Balaban J connectivity index is 2.36. The Hall–Kier alpha value is -0.460. The van der Waals surface area contributed by atoms with Crippen LogP contribution in [-0.2, 0) is 0 Å². The monoisotopic (exact) mass is 95.1 g/mol. The highest BCUT2D eigenvalue weighted by molar-refractivity contribution is 4.98. The van der Waals surface area contributed by atoms with Crippen molar-refractivity contribution in [2.24, 2.45) is 0 Å². The summed E-state index contributed by atoms with van der Waals surface area (Å²) in [6.07, 6.45) is 8.16. The standard InChI is InChI=1S/C6H9N/c1-7-5-3-2-4-6-7/h3,5H,4,6H2,1H3. The first kappa shape index (κ1) is 4.69. The highest BCUT2D eigenvalue weighted by atomic mass is 15.1. The van der Waals surface area contributed by atoms with E-state index in [1.807, 2.05) is 12.3 Å². The number of allylic oxidation sites excluding steroid dienone is 1. The molecule has 0 unspecified atom stereocenters. The van der Waals surface area contributed by atoms with Gasteiger partial charge in [0, 0.05) is 20.0 Å². The van der Waals surface area contributed by atoms with Gasteiger partial charge in [0.05, 0.1) is 0 Å². The van der Waals surface area contributed by atoms with Crippen molar-refractivity contribution in [2.75, 3.05) is 13.6 Å². The molecule has 7 heavy (non-hydrogen) atoms. The lowest BCUT2D eigenvalue weighted by Crippen LogP contribution is -2.14. The first-order valence-electron chi connectivity index (χ1n) is 2.50. The third kappa shape index (κ3) is 1.22. The molecule has 0 spiro atoms. The maximum Gasteiger partial charge on any atom is 0.0178 e. The molecule has 0 aromatic rings. The number of rotatable bonds is 0. The van der Waals surface area contributed by atoms with Gasteiger partial charge in [0.2, 0.25) is 0 Å². The Morgan fingerprint density at radius 1 is 1.71 bits per heavy atom. The second-order valence-corrected chi connectivity index (χ2v) is 1.75. The number of hydrogen-bond donors (Lipinski definition) is 0. The van der Waals surface area contributed by atoms with Crippen molar-refractivity contribution in [3.05, 3.63) is 18.7 Å². The van der Waals surface area contributed by atoms with E-state index in [2.05, 4.69) is 18.4 Å². The molecule has 0 atom stereocenters. The smallest absolute Gasteiger partial charge is 0.0178 e. The van der Waals surface area contributed by atoms with Crippen molar-refractivity contribution in [3.8, 4) is 0 Å². The Labute approximate surface area is 44.6 Å². The Bertz CT molecular complexity index is 76.2. The molecule has 1 aliphatic rings. The maximum atomic E-state index is 3.09. The molecule has 0 saturated heterocycles. The summed E-state index contributed by atoms with van der Waals surface area (Å²) in [4.78, 5) is 2.15. The molecule has 0 aliphatic carbocycles. The molecule has 2 radical (unpaired) electrons. The summed E-state index contributed by atoms with van der Waals surface area (Å²) in [6, 6.07) is 0. The van der Waals surface area contributed by atoms with Crippen LogP contribution in [0.1, 0.15) is 6.42 Å². The van der Waals surface area contributed by atoms with Crippen molar-refractivity contribution in [2.45, 2.75) is 6.42 Å². The van der Waals surface area contributed by atoms with Crippen molar-refractivity contribution < 1.29 is 0 Å². The van der Waals surface area contributed by atoms with Crippen LogP contribution in [-0.4, -0.2) is 18.5 Å². The largest absolute Gasteiger partial charge is 0.381 e. The molecule has 1 rings (SSSR count). The third-order valence-electron chi connectivity index (χ3n) is 1.06. The Morgan fingerprint density at radius 2 is 2.57 bits per heavy atom. The van der Waals surface area contributed by atoms with E-state index >= 15 is 0 Å². The normalized spacial score (nSPS) is 20.4. The molecule has 38 valence electrons. The van der Waals surface area contributed by atoms with Crippen LogP contribution in [0.2, 0.25) is 0 Å². The van der Waals surface area contributed by atoms with Gasteiger partial charge in [-0.3, -0.25) is 0 Å². The van der Waals surface area contributed by atoms with Gasteiger partial charge in [-0.25, -0.2) is 0 Å². The van der Waals surface area contributed by atoms with Crippen LogP contribution >= 0.6 is 0 Å². The van der Waals surface area contributed by atoms with Crippen LogP contribution in [0.5, 0.6) is 0 Å². The number of hydrogen-bond acceptors (Lipinski definition) is 1. The molecular weight excluding hydrogens is 86.1 g/mol. The van der Waals surface area contributed by atoms with Gasteiger partial charge in [0.25, 0.3) is 0 Å². The Kier molecular flexibility index (Phi) is 1.35. The molecule has 1 nitrogen and oxygen atoms in total. The second-order valence-electron chi connectivity index (χ2n) is 1.75. The lowest BCUT2D eigenvalue weighted by molar-refractivity contribution is 0.447. The maximum absolute atomic E-state index is 3.09. The van der Waals surface area contributed by atoms with E-state index in [0.29, 0.717) is 0 Å². The van der Waals surface area contributed by atoms with E-state index in [4.69, 9.17) is 0 Å². The molecule has 1 heterocycles. The SMILES string of the molecule is CN1C=C[C]CC1. The molecule has 1 heteroatoms. The molecule has 0 amide bonds. The van der Waals surface area contributed by atoms with E-state index < -0.39 is 0 Å². The van der Waals surface area contributed by atoms with E-state index in [9.17, 15) is 0 Å². The van der Waals surface area contributed by atoms with Crippen molar-refractivity contribution >= 4 is 0 Å². The topological polar surface area (TPSA) is 3.24 Å². The van der Waals surface area contributed by atoms with Gasteiger partial charge in [0.15, 0.2) is 0 Å². The summed E-state index contributed by atoms with van der Waals surface area (Å²) in [7, 11) is 2.07. The van der Waals surface area contributed by atoms with Gasteiger partial charge in [-0.2, -0.15) is 0 Å². The zero-order chi connectivity index (χ0) is 5.11. The van der Waals surface area contributed by atoms with Gasteiger partial charge in [-0.15, -0.1) is 0 Å². The summed E-state index contributed by atoms with van der Waals surface area (Å²) in [5.74, 6) is 0. The molecule has 0 aromatic heterocycles. The molecular formula is C6H9N. The first-order valence-corrected chi connectivity index (χ1v) is 2.50. The summed E-state index contributed by atoms with van der Waals surface area (Å²) in [5.41, 5.74) is 0. The fourth-order valence-corrected chi connectivity index (χ4v) is 0.579. The minimum Gasteiger partial charge on any atom is -0.381 e. The lowest BCUT2D eigenvalue weighted by Gasteiger charge is -2.15. The fourth-order valence-electron chi connectivity index (χ4n) is 0.579. The second kappa shape index (κ2) is 2.01. The van der Waals surface area contributed by atoms with E-state index in [0.717, 1.165) is 13.0 Å². The van der Waals surface area contributed by atoms with Crippen molar-refractivity contribution in [1.82, 2.24) is 4.90 Å². The van der Waals surface area contributed by atoms with Crippen molar-refractivity contribution in [3.63, 3.8) is 0 Å². The zero-order valence-corrected chi connectivity index (χ0v) is 4.52. The van der Waals surface area contributed by atoms with Gasteiger partial charge >= 0.3 is 0 Å². The highest BCUT2D eigenvalue weighted by Gasteiger charge is 1.94. The fraction of sp³-hybridized carbons (Fsp3) is 0.500. The summed E-state index contributed by atoms with van der Waals surface area (Å²) < 4.78 is 0. The van der Waals surface area contributed by atoms with E-state index in [-0.39, 0.29) is 0 Å². The molecule has 1 aliphatic heterocycles. The van der Waals surface area contributed by atoms with Gasteiger partial charge in [-0.1, -0.05) is 6.08 Å². The van der Waals surface area contributed by atoms with Crippen molar-refractivity contribution in [1.29, 1.82) is 0 Å². The minimum atomic E-state index is 1.08. The Morgan fingerprint density at radius 3 is 2.86 bits per heavy atom. The lowest BCUT2D eigenvalue weighted by atomic mass is 10.2. The molecule has 0 bridgehead atoms. The van der Waals surface area contributed by atoms with Crippen LogP contribution in [0.3, 0.4) is 0 Å². The average molecular weight is 95.1 g/mol. The van der Waals surface area contributed by atoms with E-state index in [1.165, 1.54) is 0 Å². The molecule has 0 saturated carbocycles. The minimum absolute atomic E-state index is 1.08. The van der Waals surface area contributed by atoms with Crippen LogP contribution in [0, 0.1) is 6.42 Å². The van der Waals surface area contributed by atoms with Gasteiger partial charge < -0.3 is 4.90 Å². The molecule has 0 fully saturated rings. The first-order chi connectivity index (χ1) is 3.39. The van der Waals surface area contributed by atoms with Crippen LogP contribution in [0.25, 0.3) is 0 Å². The van der Waals surface area contributed by atoms with Crippen LogP contribution in [0.4, 0.5) is 0 Å². The number of nitrogens with zero attached hydrogens (tertiary/aromatic N) is 1. The van der Waals surface area contributed by atoms with E-state index in [1.54, 1.807) is 0 Å². The highest BCUT2D eigenvalue weighted by Crippen LogP contribution is 1.99. The molecule has 0 aromatic carbocycles. The molecule has 0 N–H and O–H groups in total. The average Bonchev–Trinajstić information content (AvgIpc) is 1.69. The summed E-state index contributed by atoms with van der Waals surface area (Å²) >= 11 is 0. The predicted molar refractivity (Wildman–Crippen MR) is 29.6 cm³/mol. The third-order valence-corrected chi connectivity index (χ3v) is 1.06. The van der Waals surface area contributed by atoms with Crippen LogP contribution in [0.15, 0.2) is 12.3 Å². The quantitative estimate of drug-likeness (QED) is 0.432. The van der Waals surface area contributed by atoms with Gasteiger partial charge in [-0.05, 0) is 12.6 Å².